The number of amides is 2. The van der Waals surface area contributed by atoms with Gasteiger partial charge in [-0.1, -0.05) is 43.6 Å². The van der Waals surface area contributed by atoms with Crippen molar-refractivity contribution < 1.29 is 14.0 Å². The molecular formula is C22H26ClFN2O2S. The molecule has 0 unspecified atom stereocenters. The number of carbonyl (C=O) groups is 2. The van der Waals surface area contributed by atoms with E-state index in [-0.39, 0.29) is 24.1 Å². The smallest absolute Gasteiger partial charge is 0.242 e. The van der Waals surface area contributed by atoms with Crippen LogP contribution >= 0.6 is 23.4 Å². The summed E-state index contributed by atoms with van der Waals surface area (Å²) < 4.78 is 14.2. The average Bonchev–Trinajstić information content (AvgIpc) is 2.70. The lowest BCUT2D eigenvalue weighted by Crippen LogP contribution is -2.48. The van der Waals surface area contributed by atoms with Crippen LogP contribution in [-0.4, -0.2) is 35.1 Å². The normalized spacial score (nSPS) is 11.9. The van der Waals surface area contributed by atoms with E-state index in [9.17, 15) is 14.0 Å². The highest BCUT2D eigenvalue weighted by Gasteiger charge is 2.26. The molecule has 0 saturated heterocycles. The molecule has 0 aliphatic heterocycles. The number of benzene rings is 2. The quantitative estimate of drug-likeness (QED) is 0.576. The first-order valence-electron chi connectivity index (χ1n) is 9.47. The number of rotatable bonds is 9. The fraction of sp³-hybridized carbons (Fsp3) is 0.364. The zero-order chi connectivity index (χ0) is 21.4. The van der Waals surface area contributed by atoms with Crippen molar-refractivity contribution in [2.45, 2.75) is 38.3 Å². The molecule has 4 nitrogen and oxygen atoms in total. The molecule has 0 aromatic heterocycles. The van der Waals surface area contributed by atoms with Crippen LogP contribution in [0.5, 0.6) is 0 Å². The van der Waals surface area contributed by atoms with Gasteiger partial charge in [-0.3, -0.25) is 9.59 Å². The molecule has 0 radical (unpaired) electrons. The van der Waals surface area contributed by atoms with Crippen molar-refractivity contribution in [2.75, 3.05) is 12.3 Å². The highest BCUT2D eigenvalue weighted by molar-refractivity contribution is 8.00. The van der Waals surface area contributed by atoms with Crippen molar-refractivity contribution in [3.63, 3.8) is 0 Å². The van der Waals surface area contributed by atoms with E-state index in [4.69, 9.17) is 11.6 Å². The second-order valence-corrected chi connectivity index (χ2v) is 8.66. The Hall–Kier alpha value is -2.05. The van der Waals surface area contributed by atoms with Crippen molar-refractivity contribution in [1.82, 2.24) is 10.2 Å². The highest BCUT2D eigenvalue weighted by Crippen LogP contribution is 2.22. The predicted molar refractivity (Wildman–Crippen MR) is 116 cm³/mol. The number of nitrogens with zero attached hydrogens (tertiary/aromatic N) is 1. The van der Waals surface area contributed by atoms with Crippen LogP contribution < -0.4 is 5.32 Å². The summed E-state index contributed by atoms with van der Waals surface area (Å²) in [6.45, 7) is 6.21. The lowest BCUT2D eigenvalue weighted by Gasteiger charge is -2.29. The average molecular weight is 437 g/mol. The largest absolute Gasteiger partial charge is 0.354 e. The molecule has 0 saturated carbocycles. The topological polar surface area (TPSA) is 49.4 Å². The molecule has 0 heterocycles. The molecule has 0 aliphatic rings. The Labute approximate surface area is 180 Å². The molecule has 0 spiro atoms. The maximum atomic E-state index is 14.2. The molecule has 0 fully saturated rings. The van der Waals surface area contributed by atoms with Crippen LogP contribution in [-0.2, 0) is 16.1 Å². The molecule has 2 amide bonds. The highest BCUT2D eigenvalue weighted by atomic mass is 35.5. The number of thioether (sulfide) groups is 1. The molecule has 2 aromatic rings. The number of halogens is 2. The van der Waals surface area contributed by atoms with E-state index in [0.29, 0.717) is 23.0 Å². The molecule has 0 aliphatic carbocycles. The van der Waals surface area contributed by atoms with Gasteiger partial charge in [-0.05, 0) is 43.2 Å². The molecule has 1 N–H and O–H groups in total. The van der Waals surface area contributed by atoms with E-state index in [1.54, 1.807) is 37.3 Å². The van der Waals surface area contributed by atoms with Gasteiger partial charge in [0.2, 0.25) is 11.8 Å². The Morgan fingerprint density at radius 2 is 1.76 bits per heavy atom. The Balaban J connectivity index is 2.13. The molecule has 29 heavy (non-hydrogen) atoms. The molecule has 2 rings (SSSR count). The molecule has 7 heteroatoms. The number of nitrogens with one attached hydrogen (secondary N) is 1. The lowest BCUT2D eigenvalue weighted by atomic mass is 10.1. The van der Waals surface area contributed by atoms with Crippen molar-refractivity contribution in [2.24, 2.45) is 5.92 Å². The first-order chi connectivity index (χ1) is 13.8. The van der Waals surface area contributed by atoms with Crippen LogP contribution in [0.1, 0.15) is 26.3 Å². The summed E-state index contributed by atoms with van der Waals surface area (Å²) in [5.74, 6) is -0.453. The van der Waals surface area contributed by atoms with Gasteiger partial charge in [-0.2, -0.15) is 0 Å². The Kier molecular flexibility index (Phi) is 8.99. The maximum Gasteiger partial charge on any atom is 0.242 e. The van der Waals surface area contributed by atoms with Crippen molar-refractivity contribution >= 4 is 35.2 Å². The van der Waals surface area contributed by atoms with E-state index in [0.717, 1.165) is 4.90 Å². The maximum absolute atomic E-state index is 14.2. The summed E-state index contributed by atoms with van der Waals surface area (Å²) in [5.41, 5.74) is 0.376. The van der Waals surface area contributed by atoms with Gasteiger partial charge in [-0.15, -0.1) is 11.8 Å². The van der Waals surface area contributed by atoms with Crippen LogP contribution in [0, 0.1) is 11.7 Å². The monoisotopic (exact) mass is 436 g/mol. The Morgan fingerprint density at radius 1 is 1.10 bits per heavy atom. The third kappa shape index (κ3) is 7.37. The first kappa shape index (κ1) is 23.2. The van der Waals surface area contributed by atoms with Gasteiger partial charge >= 0.3 is 0 Å². The van der Waals surface area contributed by atoms with E-state index in [2.05, 4.69) is 5.32 Å². The summed E-state index contributed by atoms with van der Waals surface area (Å²) in [6.07, 6.45) is 0. The van der Waals surface area contributed by atoms with Crippen molar-refractivity contribution in [1.29, 1.82) is 0 Å². The second-order valence-electron chi connectivity index (χ2n) is 7.17. The van der Waals surface area contributed by atoms with Gasteiger partial charge in [0.05, 0.1) is 5.75 Å². The van der Waals surface area contributed by atoms with Gasteiger partial charge in [0.25, 0.3) is 0 Å². The molecular weight excluding hydrogens is 411 g/mol. The number of hydrogen-bond donors (Lipinski definition) is 1. The Bertz CT molecular complexity index is 830. The van der Waals surface area contributed by atoms with Gasteiger partial charge in [0.1, 0.15) is 11.9 Å². The minimum Gasteiger partial charge on any atom is -0.354 e. The molecule has 0 bridgehead atoms. The summed E-state index contributed by atoms with van der Waals surface area (Å²) >= 11 is 7.25. The third-order valence-electron chi connectivity index (χ3n) is 4.33. The van der Waals surface area contributed by atoms with Crippen molar-refractivity contribution in [3.05, 3.63) is 64.9 Å². The summed E-state index contributed by atoms with van der Waals surface area (Å²) in [5, 5.41) is 3.47. The minimum absolute atomic E-state index is 0.0307. The summed E-state index contributed by atoms with van der Waals surface area (Å²) in [6, 6.07) is 12.8. The van der Waals surface area contributed by atoms with Crippen LogP contribution in [0.15, 0.2) is 53.4 Å². The van der Waals surface area contributed by atoms with Crippen LogP contribution in [0.2, 0.25) is 5.02 Å². The van der Waals surface area contributed by atoms with Crippen LogP contribution in [0.25, 0.3) is 0 Å². The predicted octanol–water partition coefficient (Wildman–Crippen LogP) is 4.76. The van der Waals surface area contributed by atoms with Crippen LogP contribution in [0.3, 0.4) is 0 Å². The summed E-state index contributed by atoms with van der Waals surface area (Å²) in [4.78, 5) is 27.8. The number of carbonyl (C=O) groups excluding carboxylic acids is 2. The van der Waals surface area contributed by atoms with Crippen LogP contribution in [0.4, 0.5) is 4.39 Å². The molecule has 1 atom stereocenters. The Morgan fingerprint density at radius 3 is 2.38 bits per heavy atom. The molecule has 2 aromatic carbocycles. The SMILES string of the molecule is CC(C)CNC(=O)[C@H](C)N(Cc1ccccc1F)C(=O)CSc1ccc(Cl)cc1. The van der Waals surface area contributed by atoms with E-state index < -0.39 is 11.9 Å². The van der Waals surface area contributed by atoms with E-state index >= 15 is 0 Å². The molecule has 156 valence electrons. The zero-order valence-corrected chi connectivity index (χ0v) is 18.4. The van der Waals surface area contributed by atoms with Gasteiger partial charge < -0.3 is 10.2 Å². The third-order valence-corrected chi connectivity index (χ3v) is 5.58. The fourth-order valence-electron chi connectivity index (χ4n) is 2.60. The van der Waals surface area contributed by atoms with Gasteiger partial charge in [0, 0.05) is 28.6 Å². The first-order valence-corrected chi connectivity index (χ1v) is 10.8. The van der Waals surface area contributed by atoms with Crippen molar-refractivity contribution in [3.8, 4) is 0 Å². The van der Waals surface area contributed by atoms with Gasteiger partial charge in [-0.25, -0.2) is 4.39 Å². The minimum atomic E-state index is -0.716. The van der Waals surface area contributed by atoms with Gasteiger partial charge in [0.15, 0.2) is 0 Å². The second kappa shape index (κ2) is 11.2. The number of hydrogen-bond acceptors (Lipinski definition) is 3. The van der Waals surface area contributed by atoms with E-state index in [1.165, 1.54) is 22.7 Å². The standard InChI is InChI=1S/C22H26ClFN2O2S/c1-15(2)12-25-22(28)16(3)26(13-17-6-4-5-7-20(17)24)21(27)14-29-19-10-8-18(23)9-11-19/h4-11,15-16H,12-14H2,1-3H3,(H,25,28)/t16-/m0/s1. The fourth-order valence-corrected chi connectivity index (χ4v) is 3.51. The zero-order valence-electron chi connectivity index (χ0n) is 16.8. The van der Waals surface area contributed by atoms with E-state index in [1.807, 2.05) is 26.0 Å². The lowest BCUT2D eigenvalue weighted by molar-refractivity contribution is -0.138. The summed E-state index contributed by atoms with van der Waals surface area (Å²) in [7, 11) is 0.